The number of hydrogen-bond acceptors (Lipinski definition) is 2. The molecule has 19 heavy (non-hydrogen) atoms. The molecule has 0 aliphatic heterocycles. The lowest BCUT2D eigenvalue weighted by Crippen LogP contribution is -2.17. The quantitative estimate of drug-likeness (QED) is 0.899. The van der Waals surface area contributed by atoms with Gasteiger partial charge in [-0.2, -0.15) is 0 Å². The monoisotopic (exact) mass is 261 g/mol. The van der Waals surface area contributed by atoms with Crippen molar-refractivity contribution in [2.75, 3.05) is 0 Å². The van der Waals surface area contributed by atoms with Crippen LogP contribution < -0.4 is 5.73 Å². The molecule has 0 saturated carbocycles. The van der Waals surface area contributed by atoms with Crippen molar-refractivity contribution >= 4 is 0 Å². The van der Waals surface area contributed by atoms with Gasteiger partial charge in [0, 0.05) is 31.4 Å². The molecule has 2 aromatic rings. The first-order valence-electron chi connectivity index (χ1n) is 6.63. The number of aromatic nitrogens is 2. The summed E-state index contributed by atoms with van der Waals surface area (Å²) in [5.41, 5.74) is 7.88. The summed E-state index contributed by atoms with van der Waals surface area (Å²) in [7, 11) is 0. The van der Waals surface area contributed by atoms with E-state index in [-0.39, 0.29) is 11.9 Å². The minimum Gasteiger partial charge on any atom is -0.335 e. The number of aryl methyl sites for hydroxylation is 2. The van der Waals surface area contributed by atoms with Gasteiger partial charge in [0.15, 0.2) is 0 Å². The number of nitrogens with zero attached hydrogens (tertiary/aromatic N) is 2. The molecule has 1 unspecified atom stereocenters. The number of nitrogens with two attached hydrogens (primary N) is 1. The Bertz CT molecular complexity index is 528. The summed E-state index contributed by atoms with van der Waals surface area (Å²) in [4.78, 5) is 4.33. The summed E-state index contributed by atoms with van der Waals surface area (Å²) in [6.45, 7) is 4.93. The van der Waals surface area contributed by atoms with Crippen LogP contribution in [0.2, 0.25) is 0 Å². The Hall–Kier alpha value is -1.68. The third-order valence-electron chi connectivity index (χ3n) is 3.16. The second-order valence-corrected chi connectivity index (χ2v) is 4.91. The van der Waals surface area contributed by atoms with Crippen LogP contribution in [0.3, 0.4) is 0 Å². The molecular weight excluding hydrogens is 241 g/mol. The molecule has 0 spiro atoms. The second kappa shape index (κ2) is 5.97. The van der Waals surface area contributed by atoms with Crippen LogP contribution >= 0.6 is 0 Å². The van der Waals surface area contributed by atoms with E-state index < -0.39 is 0 Å². The Morgan fingerprint density at radius 1 is 1.37 bits per heavy atom. The molecule has 0 amide bonds. The second-order valence-electron chi connectivity index (χ2n) is 4.91. The summed E-state index contributed by atoms with van der Waals surface area (Å²) in [6.07, 6.45) is 5.42. The van der Waals surface area contributed by atoms with Gasteiger partial charge in [-0.1, -0.05) is 13.0 Å². The summed E-state index contributed by atoms with van der Waals surface area (Å²) < 4.78 is 15.5. The highest BCUT2D eigenvalue weighted by Gasteiger charge is 2.12. The van der Waals surface area contributed by atoms with Crippen LogP contribution in [0.1, 0.15) is 36.3 Å². The maximum absolute atomic E-state index is 13.4. The molecule has 3 nitrogen and oxygen atoms in total. The fraction of sp³-hybridized carbons (Fsp3) is 0.400. The van der Waals surface area contributed by atoms with Crippen LogP contribution in [0.15, 0.2) is 30.6 Å². The average molecular weight is 261 g/mol. The van der Waals surface area contributed by atoms with E-state index in [9.17, 15) is 4.39 Å². The summed E-state index contributed by atoms with van der Waals surface area (Å²) in [6, 6.07) is 4.72. The van der Waals surface area contributed by atoms with Gasteiger partial charge in [-0.15, -0.1) is 0 Å². The smallest absolute Gasteiger partial charge is 0.123 e. The number of halogens is 1. The predicted octanol–water partition coefficient (Wildman–Crippen LogP) is 2.98. The van der Waals surface area contributed by atoms with Crippen molar-refractivity contribution in [3.05, 3.63) is 53.4 Å². The zero-order valence-electron chi connectivity index (χ0n) is 11.4. The van der Waals surface area contributed by atoms with Crippen LogP contribution in [0.5, 0.6) is 0 Å². The van der Waals surface area contributed by atoms with Gasteiger partial charge in [-0.25, -0.2) is 9.37 Å². The SMILES string of the molecule is CCCn1ccnc1CC(N)c1cc(C)cc(F)c1. The van der Waals surface area contributed by atoms with E-state index in [0.29, 0.717) is 6.42 Å². The molecule has 1 heterocycles. The molecule has 1 aromatic heterocycles. The Kier molecular flexibility index (Phi) is 4.32. The Balaban J connectivity index is 2.15. The van der Waals surface area contributed by atoms with Crippen molar-refractivity contribution in [3.63, 3.8) is 0 Å². The van der Waals surface area contributed by atoms with Crippen LogP contribution in [-0.4, -0.2) is 9.55 Å². The Labute approximate surface area is 113 Å². The molecule has 1 atom stereocenters. The minimum absolute atomic E-state index is 0.229. The van der Waals surface area contributed by atoms with Gasteiger partial charge in [-0.3, -0.25) is 0 Å². The van der Waals surface area contributed by atoms with Crippen molar-refractivity contribution in [3.8, 4) is 0 Å². The van der Waals surface area contributed by atoms with E-state index in [4.69, 9.17) is 5.73 Å². The van der Waals surface area contributed by atoms with Crippen molar-refractivity contribution in [2.24, 2.45) is 5.73 Å². The fourth-order valence-electron chi connectivity index (χ4n) is 2.27. The third-order valence-corrected chi connectivity index (χ3v) is 3.16. The summed E-state index contributed by atoms with van der Waals surface area (Å²) in [5, 5.41) is 0. The molecule has 0 radical (unpaired) electrons. The molecule has 0 aliphatic rings. The maximum atomic E-state index is 13.4. The van der Waals surface area contributed by atoms with E-state index >= 15 is 0 Å². The fourth-order valence-corrected chi connectivity index (χ4v) is 2.27. The largest absolute Gasteiger partial charge is 0.335 e. The van der Waals surface area contributed by atoms with E-state index in [0.717, 1.165) is 29.9 Å². The minimum atomic E-state index is -0.234. The van der Waals surface area contributed by atoms with Crippen LogP contribution in [-0.2, 0) is 13.0 Å². The molecule has 2 N–H and O–H groups in total. The van der Waals surface area contributed by atoms with Crippen molar-refractivity contribution < 1.29 is 4.39 Å². The van der Waals surface area contributed by atoms with Gasteiger partial charge in [0.1, 0.15) is 11.6 Å². The number of rotatable bonds is 5. The summed E-state index contributed by atoms with van der Waals surface area (Å²) >= 11 is 0. The maximum Gasteiger partial charge on any atom is 0.123 e. The van der Waals surface area contributed by atoms with Gasteiger partial charge < -0.3 is 10.3 Å². The number of benzene rings is 1. The van der Waals surface area contributed by atoms with Crippen molar-refractivity contribution in [1.29, 1.82) is 0 Å². The Morgan fingerprint density at radius 2 is 2.16 bits per heavy atom. The van der Waals surface area contributed by atoms with Gasteiger partial charge >= 0.3 is 0 Å². The molecular formula is C15H20FN3. The van der Waals surface area contributed by atoms with Crippen LogP contribution in [0.4, 0.5) is 4.39 Å². The zero-order valence-corrected chi connectivity index (χ0v) is 11.4. The lowest BCUT2D eigenvalue weighted by molar-refractivity contribution is 0.589. The van der Waals surface area contributed by atoms with E-state index in [1.165, 1.54) is 12.1 Å². The van der Waals surface area contributed by atoms with Gasteiger partial charge in [0.05, 0.1) is 0 Å². The Morgan fingerprint density at radius 3 is 2.84 bits per heavy atom. The molecule has 0 bridgehead atoms. The molecule has 0 fully saturated rings. The lowest BCUT2D eigenvalue weighted by Gasteiger charge is -2.14. The summed E-state index contributed by atoms with van der Waals surface area (Å²) in [5.74, 6) is 0.721. The van der Waals surface area contributed by atoms with Crippen LogP contribution in [0, 0.1) is 12.7 Å². The van der Waals surface area contributed by atoms with Crippen molar-refractivity contribution in [2.45, 2.75) is 39.3 Å². The molecule has 2 rings (SSSR count). The molecule has 4 heteroatoms. The zero-order chi connectivity index (χ0) is 13.8. The predicted molar refractivity (Wildman–Crippen MR) is 74.3 cm³/mol. The average Bonchev–Trinajstić information content (AvgIpc) is 2.76. The highest BCUT2D eigenvalue weighted by atomic mass is 19.1. The number of hydrogen-bond donors (Lipinski definition) is 1. The van der Waals surface area contributed by atoms with Gasteiger partial charge in [0.2, 0.25) is 0 Å². The van der Waals surface area contributed by atoms with E-state index in [1.807, 2.05) is 19.2 Å². The molecule has 0 aliphatic carbocycles. The lowest BCUT2D eigenvalue weighted by atomic mass is 10.0. The first kappa shape index (κ1) is 13.7. The van der Waals surface area contributed by atoms with Gasteiger partial charge in [-0.05, 0) is 36.6 Å². The molecule has 0 saturated heterocycles. The van der Waals surface area contributed by atoms with E-state index in [1.54, 1.807) is 6.20 Å². The molecule has 102 valence electrons. The van der Waals surface area contributed by atoms with E-state index in [2.05, 4.69) is 16.5 Å². The van der Waals surface area contributed by atoms with Crippen LogP contribution in [0.25, 0.3) is 0 Å². The molecule has 1 aromatic carbocycles. The normalized spacial score (nSPS) is 12.6. The first-order chi connectivity index (χ1) is 9.10. The first-order valence-corrected chi connectivity index (χ1v) is 6.63. The highest BCUT2D eigenvalue weighted by molar-refractivity contribution is 5.26. The number of imidazole rings is 1. The van der Waals surface area contributed by atoms with Gasteiger partial charge in [0.25, 0.3) is 0 Å². The third kappa shape index (κ3) is 3.41. The topological polar surface area (TPSA) is 43.8 Å². The standard InChI is InChI=1S/C15H20FN3/c1-3-5-19-6-4-18-15(19)10-14(17)12-7-11(2)8-13(16)9-12/h4,6-9,14H,3,5,10,17H2,1-2H3. The van der Waals surface area contributed by atoms with Crippen molar-refractivity contribution in [1.82, 2.24) is 9.55 Å². The highest BCUT2D eigenvalue weighted by Crippen LogP contribution is 2.18.